The molecule has 0 unspecified atom stereocenters. The molecule has 1 fully saturated rings. The number of amides is 1. The van der Waals surface area contributed by atoms with Crippen LogP contribution >= 0.6 is 0 Å². The summed E-state index contributed by atoms with van der Waals surface area (Å²) in [4.78, 5) is 20.7. The molecule has 0 aliphatic carbocycles. The number of carbonyl (C=O) groups excluding carboxylic acids is 1. The Morgan fingerprint density at radius 3 is 2.61 bits per heavy atom. The number of carbonyl (C=O) groups is 1. The second kappa shape index (κ2) is 8.36. The highest BCUT2D eigenvalue weighted by molar-refractivity contribution is 5.68. The van der Waals surface area contributed by atoms with Gasteiger partial charge in [0.15, 0.2) is 0 Å². The van der Waals surface area contributed by atoms with Crippen LogP contribution in [0.4, 0.5) is 20.6 Å². The van der Waals surface area contributed by atoms with E-state index < -0.39 is 5.60 Å². The van der Waals surface area contributed by atoms with E-state index in [0.29, 0.717) is 36.9 Å². The molecule has 31 heavy (non-hydrogen) atoms. The average Bonchev–Trinajstić information content (AvgIpc) is 3.10. The van der Waals surface area contributed by atoms with Gasteiger partial charge in [-0.05, 0) is 75.3 Å². The van der Waals surface area contributed by atoms with Gasteiger partial charge in [0.05, 0.1) is 17.9 Å². The molecule has 3 heterocycles. The second-order valence-corrected chi connectivity index (χ2v) is 9.51. The van der Waals surface area contributed by atoms with Crippen molar-refractivity contribution in [3.05, 3.63) is 53.1 Å². The summed E-state index contributed by atoms with van der Waals surface area (Å²) in [6, 6.07) is 7.39. The number of nitrogens with zero attached hydrogens (tertiary/aromatic N) is 3. The molecule has 6 nitrogen and oxygen atoms in total. The van der Waals surface area contributed by atoms with Crippen LogP contribution in [0.3, 0.4) is 0 Å². The number of halogens is 1. The number of nitrogen functional groups attached to an aromatic ring is 1. The van der Waals surface area contributed by atoms with Gasteiger partial charge in [-0.15, -0.1) is 0 Å². The molecule has 166 valence electrons. The molecule has 2 aliphatic rings. The summed E-state index contributed by atoms with van der Waals surface area (Å²) in [5.74, 6) is 0.119. The van der Waals surface area contributed by atoms with Crippen LogP contribution < -0.4 is 10.6 Å². The van der Waals surface area contributed by atoms with Gasteiger partial charge in [0, 0.05) is 31.5 Å². The first kappa shape index (κ1) is 21.4. The lowest BCUT2D eigenvalue weighted by atomic mass is 9.90. The van der Waals surface area contributed by atoms with Crippen molar-refractivity contribution >= 4 is 17.5 Å². The molecule has 1 saturated heterocycles. The largest absolute Gasteiger partial charge is 0.444 e. The SMILES string of the molecule is CC(C)(C)OC(=O)N1CCC(c2ccc(CN3CCc4cc(N)cc(F)c43)nc2)CC1. The van der Waals surface area contributed by atoms with Crippen molar-refractivity contribution in [1.82, 2.24) is 9.88 Å². The third-order valence-corrected chi connectivity index (χ3v) is 5.95. The van der Waals surface area contributed by atoms with E-state index in [0.717, 1.165) is 37.1 Å². The fourth-order valence-electron chi connectivity index (χ4n) is 4.44. The Balaban J connectivity index is 1.35. The maximum atomic E-state index is 14.4. The standard InChI is InChI=1S/C24H31FN4O2/c1-24(2,3)31-23(30)28-9-6-16(7-10-28)18-4-5-20(27-14-18)15-29-11-8-17-12-19(26)13-21(25)22(17)29/h4-5,12-14,16H,6-11,15,26H2,1-3H3. The summed E-state index contributed by atoms with van der Waals surface area (Å²) in [7, 11) is 0. The third kappa shape index (κ3) is 4.92. The van der Waals surface area contributed by atoms with E-state index in [-0.39, 0.29) is 11.9 Å². The summed E-state index contributed by atoms with van der Waals surface area (Å²) < 4.78 is 19.9. The van der Waals surface area contributed by atoms with Crippen LogP contribution in [0.15, 0.2) is 30.5 Å². The molecular weight excluding hydrogens is 395 g/mol. The van der Waals surface area contributed by atoms with Crippen LogP contribution in [-0.2, 0) is 17.7 Å². The number of hydrogen-bond acceptors (Lipinski definition) is 5. The Morgan fingerprint density at radius 1 is 1.23 bits per heavy atom. The van der Waals surface area contributed by atoms with Crippen molar-refractivity contribution in [2.24, 2.45) is 0 Å². The number of ether oxygens (including phenoxy) is 1. The van der Waals surface area contributed by atoms with Gasteiger partial charge >= 0.3 is 6.09 Å². The summed E-state index contributed by atoms with van der Waals surface area (Å²) in [6.45, 7) is 8.37. The molecule has 0 bridgehead atoms. The lowest BCUT2D eigenvalue weighted by molar-refractivity contribution is 0.0205. The number of fused-ring (bicyclic) bond motifs is 1. The lowest BCUT2D eigenvalue weighted by Gasteiger charge is -2.33. The van der Waals surface area contributed by atoms with Crippen LogP contribution in [0.2, 0.25) is 0 Å². The van der Waals surface area contributed by atoms with Crippen molar-refractivity contribution < 1.29 is 13.9 Å². The molecule has 0 atom stereocenters. The molecule has 4 rings (SSSR count). The minimum atomic E-state index is -0.473. The monoisotopic (exact) mass is 426 g/mol. The fraction of sp³-hybridized carbons (Fsp3) is 0.500. The third-order valence-electron chi connectivity index (χ3n) is 5.95. The first-order valence-corrected chi connectivity index (χ1v) is 11.0. The fourth-order valence-corrected chi connectivity index (χ4v) is 4.44. The van der Waals surface area contributed by atoms with Crippen LogP contribution in [-0.4, -0.2) is 41.2 Å². The first-order chi connectivity index (χ1) is 14.7. The number of piperidine rings is 1. The average molecular weight is 427 g/mol. The highest BCUT2D eigenvalue weighted by Crippen LogP contribution is 2.34. The van der Waals surface area contributed by atoms with Crippen LogP contribution in [0.5, 0.6) is 0 Å². The minimum Gasteiger partial charge on any atom is -0.444 e. The minimum absolute atomic E-state index is 0.237. The predicted octanol–water partition coefficient (Wildman–Crippen LogP) is 4.48. The van der Waals surface area contributed by atoms with Gasteiger partial charge in [0.1, 0.15) is 11.4 Å². The quantitative estimate of drug-likeness (QED) is 0.733. The lowest BCUT2D eigenvalue weighted by Crippen LogP contribution is -2.41. The molecule has 0 radical (unpaired) electrons. The Bertz CT molecular complexity index is 947. The summed E-state index contributed by atoms with van der Waals surface area (Å²) in [5, 5.41) is 0. The number of aromatic nitrogens is 1. The topological polar surface area (TPSA) is 71.7 Å². The Kier molecular flexibility index (Phi) is 5.77. The summed E-state index contributed by atoms with van der Waals surface area (Å²) >= 11 is 0. The second-order valence-electron chi connectivity index (χ2n) is 9.51. The maximum absolute atomic E-state index is 14.4. The smallest absolute Gasteiger partial charge is 0.410 e. The van der Waals surface area contributed by atoms with Crippen molar-refractivity contribution in [2.45, 2.75) is 58.1 Å². The van der Waals surface area contributed by atoms with Gasteiger partial charge in [-0.2, -0.15) is 0 Å². The molecular formula is C24H31FN4O2. The molecule has 0 saturated carbocycles. The van der Waals surface area contributed by atoms with Gasteiger partial charge in [0.2, 0.25) is 0 Å². The van der Waals surface area contributed by atoms with E-state index in [1.54, 1.807) is 4.90 Å². The number of nitrogens with two attached hydrogens (primary N) is 1. The zero-order chi connectivity index (χ0) is 22.2. The molecule has 0 spiro atoms. The number of pyridine rings is 1. The van der Waals surface area contributed by atoms with Gasteiger partial charge in [-0.1, -0.05) is 6.07 Å². The van der Waals surface area contributed by atoms with Gasteiger partial charge in [-0.25, -0.2) is 9.18 Å². The number of rotatable bonds is 3. The number of likely N-dealkylation sites (tertiary alicyclic amines) is 1. The molecule has 2 N–H and O–H groups in total. The van der Waals surface area contributed by atoms with E-state index >= 15 is 0 Å². The van der Waals surface area contributed by atoms with E-state index in [1.807, 2.05) is 44.0 Å². The first-order valence-electron chi connectivity index (χ1n) is 11.0. The maximum Gasteiger partial charge on any atom is 0.410 e. The zero-order valence-corrected chi connectivity index (χ0v) is 18.5. The summed E-state index contributed by atoms with van der Waals surface area (Å²) in [6.07, 6.45) is 4.28. The molecule has 2 aromatic rings. The van der Waals surface area contributed by atoms with Crippen molar-refractivity contribution in [3.8, 4) is 0 Å². The van der Waals surface area contributed by atoms with Crippen LogP contribution in [0.1, 0.15) is 56.4 Å². The van der Waals surface area contributed by atoms with Gasteiger partial charge < -0.3 is 20.3 Å². The zero-order valence-electron chi connectivity index (χ0n) is 18.5. The molecule has 2 aliphatic heterocycles. The summed E-state index contributed by atoms with van der Waals surface area (Å²) in [5.41, 5.74) is 9.48. The Labute approximate surface area is 183 Å². The van der Waals surface area contributed by atoms with Crippen molar-refractivity contribution in [2.75, 3.05) is 30.3 Å². The number of anilines is 2. The highest BCUT2D eigenvalue weighted by Gasteiger charge is 2.28. The molecule has 1 amide bonds. The van der Waals surface area contributed by atoms with E-state index in [2.05, 4.69) is 11.1 Å². The molecule has 1 aromatic heterocycles. The van der Waals surface area contributed by atoms with Gasteiger partial charge in [0.25, 0.3) is 0 Å². The number of hydrogen-bond donors (Lipinski definition) is 1. The Hall–Kier alpha value is -2.83. The van der Waals surface area contributed by atoms with E-state index in [9.17, 15) is 9.18 Å². The van der Waals surface area contributed by atoms with Crippen LogP contribution in [0, 0.1) is 5.82 Å². The highest BCUT2D eigenvalue weighted by atomic mass is 19.1. The Morgan fingerprint density at radius 2 is 1.97 bits per heavy atom. The normalized spacial score (nSPS) is 17.0. The van der Waals surface area contributed by atoms with Crippen molar-refractivity contribution in [1.29, 1.82) is 0 Å². The van der Waals surface area contributed by atoms with Gasteiger partial charge in [-0.3, -0.25) is 4.98 Å². The predicted molar refractivity (Wildman–Crippen MR) is 120 cm³/mol. The number of benzene rings is 1. The van der Waals surface area contributed by atoms with E-state index in [1.165, 1.54) is 11.6 Å². The van der Waals surface area contributed by atoms with Crippen LogP contribution in [0.25, 0.3) is 0 Å². The van der Waals surface area contributed by atoms with E-state index in [4.69, 9.17) is 10.5 Å². The molecule has 1 aromatic carbocycles. The molecule has 7 heteroatoms. The van der Waals surface area contributed by atoms with Crippen molar-refractivity contribution in [3.63, 3.8) is 0 Å².